The molecule has 32 heavy (non-hydrogen) atoms. The number of aryl methyl sites for hydroxylation is 2. The Bertz CT molecular complexity index is 1130. The van der Waals surface area contributed by atoms with Crippen molar-refractivity contribution in [3.63, 3.8) is 0 Å². The molecule has 1 aliphatic heterocycles. The van der Waals surface area contributed by atoms with Crippen LogP contribution < -0.4 is 10.6 Å². The first-order chi connectivity index (χ1) is 15.5. The molecule has 8 heteroatoms. The number of pyridine rings is 1. The summed E-state index contributed by atoms with van der Waals surface area (Å²) in [4.78, 5) is 20.1. The molecule has 0 aromatic carbocycles. The molecule has 2 aromatic rings. The maximum absolute atomic E-state index is 13.2. The van der Waals surface area contributed by atoms with Crippen molar-refractivity contribution in [2.24, 2.45) is 7.05 Å². The van der Waals surface area contributed by atoms with Gasteiger partial charge in [0, 0.05) is 50.7 Å². The van der Waals surface area contributed by atoms with Crippen molar-refractivity contribution in [3.8, 4) is 11.3 Å². The third-order valence-corrected chi connectivity index (χ3v) is 5.72. The highest BCUT2D eigenvalue weighted by molar-refractivity contribution is 6.10. The minimum Gasteiger partial charge on any atom is -0.393 e. The summed E-state index contributed by atoms with van der Waals surface area (Å²) < 4.78 is 1.72. The van der Waals surface area contributed by atoms with E-state index in [1.807, 2.05) is 38.4 Å². The van der Waals surface area contributed by atoms with E-state index < -0.39 is 0 Å². The second-order valence-corrected chi connectivity index (χ2v) is 8.16. The smallest absolute Gasteiger partial charge is 0.274 e. The first kappa shape index (κ1) is 21.5. The molecule has 0 radical (unpaired) electrons. The topological polar surface area (TPSA) is 98.9 Å². The van der Waals surface area contributed by atoms with Gasteiger partial charge in [-0.2, -0.15) is 5.10 Å². The van der Waals surface area contributed by atoms with Crippen molar-refractivity contribution in [2.75, 3.05) is 20.1 Å². The Labute approximate surface area is 188 Å². The summed E-state index contributed by atoms with van der Waals surface area (Å²) in [6, 6.07) is 3.65. The molecule has 0 spiro atoms. The Morgan fingerprint density at radius 3 is 2.66 bits per heavy atom. The molecule has 1 amide bonds. The second kappa shape index (κ2) is 9.21. The fraction of sp³-hybridized carbons (Fsp3) is 0.333. The van der Waals surface area contributed by atoms with Gasteiger partial charge in [0.2, 0.25) is 0 Å². The number of hydrogen-bond acceptors (Lipinski definition) is 6. The van der Waals surface area contributed by atoms with Crippen LogP contribution in [0, 0.1) is 12.3 Å². The first-order valence-electron chi connectivity index (χ1n) is 10.9. The molecule has 2 aliphatic rings. The van der Waals surface area contributed by atoms with E-state index in [0.717, 1.165) is 54.0 Å². The van der Waals surface area contributed by atoms with Gasteiger partial charge in [0.15, 0.2) is 0 Å². The van der Waals surface area contributed by atoms with Crippen LogP contribution in [0.15, 0.2) is 59.8 Å². The van der Waals surface area contributed by atoms with E-state index in [1.54, 1.807) is 30.2 Å². The van der Waals surface area contributed by atoms with Gasteiger partial charge in [-0.1, -0.05) is 6.07 Å². The van der Waals surface area contributed by atoms with Gasteiger partial charge in [-0.25, -0.2) is 4.98 Å². The zero-order chi connectivity index (χ0) is 22.7. The molecular formula is C24H29N7O. The van der Waals surface area contributed by atoms with Crippen molar-refractivity contribution in [1.82, 2.24) is 30.3 Å². The number of likely N-dealkylation sites (tertiary alicyclic amines) is 1. The van der Waals surface area contributed by atoms with Crippen LogP contribution in [-0.4, -0.2) is 51.4 Å². The summed E-state index contributed by atoms with van der Waals surface area (Å²) in [5.74, 6) is -0.276. The molecule has 166 valence electrons. The van der Waals surface area contributed by atoms with E-state index in [1.165, 1.54) is 6.42 Å². The molecule has 3 heterocycles. The van der Waals surface area contributed by atoms with Crippen LogP contribution in [-0.2, 0) is 7.05 Å². The Morgan fingerprint density at radius 2 is 1.97 bits per heavy atom. The third-order valence-electron chi connectivity index (χ3n) is 5.72. The van der Waals surface area contributed by atoms with Crippen molar-refractivity contribution < 1.29 is 4.79 Å². The molecule has 1 fully saturated rings. The third kappa shape index (κ3) is 4.49. The second-order valence-electron chi connectivity index (χ2n) is 8.16. The summed E-state index contributed by atoms with van der Waals surface area (Å²) >= 11 is 0. The first-order valence-corrected chi connectivity index (χ1v) is 10.9. The lowest BCUT2D eigenvalue weighted by Crippen LogP contribution is -2.36. The maximum atomic E-state index is 13.2. The maximum Gasteiger partial charge on any atom is 0.274 e. The number of piperidine rings is 1. The van der Waals surface area contributed by atoms with Gasteiger partial charge >= 0.3 is 0 Å². The van der Waals surface area contributed by atoms with E-state index in [0.29, 0.717) is 17.1 Å². The summed E-state index contributed by atoms with van der Waals surface area (Å²) in [5, 5.41) is 18.7. The predicted octanol–water partition coefficient (Wildman–Crippen LogP) is 2.91. The quantitative estimate of drug-likeness (QED) is 0.676. The lowest BCUT2D eigenvalue weighted by Gasteiger charge is -2.34. The summed E-state index contributed by atoms with van der Waals surface area (Å²) in [7, 11) is 3.65. The minimum atomic E-state index is -0.276. The Morgan fingerprint density at radius 1 is 1.19 bits per heavy atom. The highest BCUT2D eigenvalue weighted by Crippen LogP contribution is 2.26. The highest BCUT2D eigenvalue weighted by Gasteiger charge is 2.24. The lowest BCUT2D eigenvalue weighted by atomic mass is 9.99. The number of allylic oxidation sites excluding steroid dienone is 3. The van der Waals surface area contributed by atoms with Crippen molar-refractivity contribution in [3.05, 3.63) is 71.1 Å². The van der Waals surface area contributed by atoms with Gasteiger partial charge in [-0.15, -0.1) is 0 Å². The summed E-state index contributed by atoms with van der Waals surface area (Å²) in [5.41, 5.74) is 5.66. The van der Waals surface area contributed by atoms with Gasteiger partial charge in [0.05, 0.1) is 29.0 Å². The van der Waals surface area contributed by atoms with Crippen molar-refractivity contribution >= 4 is 11.6 Å². The lowest BCUT2D eigenvalue weighted by molar-refractivity contribution is 0.0959. The minimum absolute atomic E-state index is 0.276. The van der Waals surface area contributed by atoms with E-state index >= 15 is 0 Å². The predicted molar refractivity (Wildman–Crippen MR) is 125 cm³/mol. The number of nitrogens with one attached hydrogen (secondary N) is 3. The van der Waals surface area contributed by atoms with E-state index in [2.05, 4.69) is 25.6 Å². The van der Waals surface area contributed by atoms with E-state index in [4.69, 9.17) is 5.41 Å². The Kier molecular flexibility index (Phi) is 6.20. The molecule has 1 saturated heterocycles. The molecule has 0 bridgehead atoms. The van der Waals surface area contributed by atoms with Gasteiger partial charge in [0.25, 0.3) is 5.91 Å². The molecule has 1 aliphatic carbocycles. The Balaban J connectivity index is 1.64. The molecular weight excluding hydrogens is 402 g/mol. The number of carbonyl (C=O) groups is 1. The fourth-order valence-electron chi connectivity index (χ4n) is 4.05. The van der Waals surface area contributed by atoms with Crippen LogP contribution in [0.2, 0.25) is 0 Å². The number of amides is 1. The van der Waals surface area contributed by atoms with Gasteiger partial charge in [-0.3, -0.25) is 9.48 Å². The summed E-state index contributed by atoms with van der Waals surface area (Å²) in [6.45, 7) is 3.81. The fourth-order valence-corrected chi connectivity index (χ4v) is 4.05. The average Bonchev–Trinajstić information content (AvgIpc) is 3.22. The van der Waals surface area contributed by atoms with Crippen molar-refractivity contribution in [1.29, 1.82) is 5.41 Å². The van der Waals surface area contributed by atoms with Crippen LogP contribution in [0.4, 0.5) is 0 Å². The number of carbonyl (C=O) groups excluding carboxylic acids is 1. The molecule has 0 saturated carbocycles. The molecule has 0 atom stereocenters. The van der Waals surface area contributed by atoms with Crippen LogP contribution >= 0.6 is 0 Å². The van der Waals surface area contributed by atoms with Crippen LogP contribution in [0.25, 0.3) is 11.3 Å². The molecule has 2 aromatic heterocycles. The highest BCUT2D eigenvalue weighted by atomic mass is 16.1. The van der Waals surface area contributed by atoms with Crippen LogP contribution in [0.3, 0.4) is 0 Å². The van der Waals surface area contributed by atoms with Gasteiger partial charge < -0.3 is 20.9 Å². The number of nitrogens with zero attached hydrogens (tertiary/aromatic N) is 4. The largest absolute Gasteiger partial charge is 0.393 e. The number of hydrogen-bond donors (Lipinski definition) is 3. The summed E-state index contributed by atoms with van der Waals surface area (Å²) in [6.07, 6.45) is 12.5. The average molecular weight is 432 g/mol. The number of aromatic nitrogens is 3. The number of rotatable bonds is 5. The van der Waals surface area contributed by atoms with Gasteiger partial charge in [0.1, 0.15) is 5.69 Å². The van der Waals surface area contributed by atoms with Gasteiger partial charge in [-0.05, 0) is 50.0 Å². The molecule has 0 unspecified atom stereocenters. The zero-order valence-corrected chi connectivity index (χ0v) is 18.8. The monoisotopic (exact) mass is 431 g/mol. The molecule has 8 nitrogen and oxygen atoms in total. The van der Waals surface area contributed by atoms with E-state index in [9.17, 15) is 4.79 Å². The van der Waals surface area contributed by atoms with Crippen molar-refractivity contribution in [2.45, 2.75) is 26.2 Å². The molecule has 4 rings (SSSR count). The zero-order valence-electron chi connectivity index (χ0n) is 18.8. The molecule has 3 N–H and O–H groups in total. The normalized spacial score (nSPS) is 17.8. The standard InChI is InChI=1S/C24H29N7O/c1-16-7-8-20(28-23(16)18-14-27-30(3)15-18)24(32)29-21-11-17(13-26-2)19(25)12-22(21)31-9-5-4-6-10-31/h7-8,11-15,25-26H,4-6,9-10H2,1-3H3,(H,29,32)/b17-13-,25-19?. The SMILES string of the molecule is CN/C=C1/C=C(NC(=O)c2ccc(C)c(-c3cnn(C)c3)n2)C(N2CCCCC2)=CC1=N. The van der Waals surface area contributed by atoms with Crippen LogP contribution in [0.5, 0.6) is 0 Å². The Hall–Kier alpha value is -3.68. The van der Waals surface area contributed by atoms with E-state index in [-0.39, 0.29) is 5.91 Å². The van der Waals surface area contributed by atoms with Crippen LogP contribution in [0.1, 0.15) is 35.3 Å².